The molecule has 2 aliphatic rings. The summed E-state index contributed by atoms with van der Waals surface area (Å²) in [5, 5.41) is 9.40. The topological polar surface area (TPSA) is 63.7 Å². The number of carboxylic acids is 1. The molecule has 1 aromatic carbocycles. The molecule has 5 heteroatoms. The number of carbonyl (C=O) groups is 1. The van der Waals surface area contributed by atoms with Gasteiger partial charge in [-0.25, -0.2) is 9.64 Å². The molecule has 4 rings (SSSR count). The molecule has 1 aromatic heterocycles. The summed E-state index contributed by atoms with van der Waals surface area (Å²) in [5.41, 5.74) is 4.93. The van der Waals surface area contributed by atoms with E-state index in [9.17, 15) is 14.7 Å². The third kappa shape index (κ3) is 2.52. The number of nitrogens with zero attached hydrogens (tertiary/aromatic N) is 2. The van der Waals surface area contributed by atoms with Crippen LogP contribution >= 0.6 is 0 Å². The van der Waals surface area contributed by atoms with Crippen molar-refractivity contribution in [1.29, 1.82) is 0 Å². The van der Waals surface area contributed by atoms with E-state index in [2.05, 4.69) is 25.6 Å². The van der Waals surface area contributed by atoms with Gasteiger partial charge in [0, 0.05) is 24.0 Å². The minimum Gasteiger partial charge on any atom is -0.477 e. The zero-order valence-electron chi connectivity index (χ0n) is 15.5. The van der Waals surface area contributed by atoms with Gasteiger partial charge in [0.25, 0.3) is 0 Å². The first kappa shape index (κ1) is 17.3. The Bertz CT molecular complexity index is 1120. The summed E-state index contributed by atoms with van der Waals surface area (Å²) in [4.78, 5) is 27.6. The summed E-state index contributed by atoms with van der Waals surface area (Å²) in [6, 6.07) is 7.26. The molecule has 5 nitrogen and oxygen atoms in total. The molecule has 0 spiro atoms. The molecule has 27 heavy (non-hydrogen) atoms. The second-order valence-electron chi connectivity index (χ2n) is 8.28. The number of aromatic carboxylic acids is 1. The normalized spacial score (nSPS) is 17.8. The van der Waals surface area contributed by atoms with E-state index in [1.54, 1.807) is 0 Å². The van der Waals surface area contributed by atoms with Gasteiger partial charge in [-0.3, -0.25) is 4.79 Å². The van der Waals surface area contributed by atoms with Crippen LogP contribution in [-0.4, -0.2) is 15.6 Å². The van der Waals surface area contributed by atoms with Crippen LogP contribution in [0.25, 0.3) is 16.0 Å². The Morgan fingerprint density at radius 3 is 2.67 bits per heavy atom. The van der Waals surface area contributed by atoms with Crippen LogP contribution in [0.1, 0.15) is 60.4 Å². The van der Waals surface area contributed by atoms with Crippen molar-refractivity contribution in [2.75, 3.05) is 0 Å². The summed E-state index contributed by atoms with van der Waals surface area (Å²) in [5.74, 6) is -1.20. The molecule has 0 saturated carbocycles. The highest BCUT2D eigenvalue weighted by molar-refractivity contribution is 5.99. The standard InChI is InChI=1S/C22H20N2O3/c1-22(2,3)20-9-13-12-6-5-7-17(23-4)14(12)8-15(13)18-10-19(25)16(21(26)27)11-24(18)20/h5-7,10-11,20H,8-9H2,1-3H3,(H,26,27)/t20-/m0/s1. The van der Waals surface area contributed by atoms with E-state index >= 15 is 0 Å². The van der Waals surface area contributed by atoms with E-state index < -0.39 is 11.4 Å². The maximum atomic E-state index is 12.4. The molecule has 0 fully saturated rings. The predicted octanol–water partition coefficient (Wildman–Crippen LogP) is 4.56. The van der Waals surface area contributed by atoms with Gasteiger partial charge < -0.3 is 9.67 Å². The zero-order valence-corrected chi connectivity index (χ0v) is 15.5. The molecule has 2 heterocycles. The van der Waals surface area contributed by atoms with E-state index in [-0.39, 0.29) is 17.0 Å². The average Bonchev–Trinajstić information content (AvgIpc) is 2.98. The van der Waals surface area contributed by atoms with Gasteiger partial charge in [0.2, 0.25) is 0 Å². The molecule has 0 unspecified atom stereocenters. The summed E-state index contributed by atoms with van der Waals surface area (Å²) in [6.45, 7) is 13.8. The van der Waals surface area contributed by atoms with Gasteiger partial charge in [0.1, 0.15) is 5.56 Å². The lowest BCUT2D eigenvalue weighted by atomic mass is 9.78. The largest absolute Gasteiger partial charge is 0.477 e. The lowest BCUT2D eigenvalue weighted by molar-refractivity contribution is 0.0693. The highest BCUT2D eigenvalue weighted by Gasteiger charge is 2.38. The van der Waals surface area contributed by atoms with Crippen LogP contribution in [0.2, 0.25) is 0 Å². The van der Waals surface area contributed by atoms with Crippen molar-refractivity contribution in [1.82, 2.24) is 4.57 Å². The minimum atomic E-state index is -1.20. The van der Waals surface area contributed by atoms with Gasteiger partial charge in [-0.2, -0.15) is 0 Å². The van der Waals surface area contributed by atoms with Crippen LogP contribution in [0.3, 0.4) is 0 Å². The fourth-order valence-electron chi connectivity index (χ4n) is 4.30. The summed E-state index contributed by atoms with van der Waals surface area (Å²) < 4.78 is 1.97. The lowest BCUT2D eigenvalue weighted by Gasteiger charge is -2.39. The number of pyridine rings is 1. The number of aromatic nitrogens is 1. The third-order valence-electron chi connectivity index (χ3n) is 5.67. The van der Waals surface area contributed by atoms with Gasteiger partial charge in [0.05, 0.1) is 6.57 Å². The first-order valence-corrected chi connectivity index (χ1v) is 8.94. The van der Waals surface area contributed by atoms with Crippen LogP contribution in [0.4, 0.5) is 5.69 Å². The molecule has 0 bridgehead atoms. The van der Waals surface area contributed by atoms with Crippen molar-refractivity contribution >= 4 is 22.8 Å². The van der Waals surface area contributed by atoms with Crippen LogP contribution in [-0.2, 0) is 6.42 Å². The van der Waals surface area contributed by atoms with Crippen molar-refractivity contribution in [3.8, 4) is 0 Å². The van der Waals surface area contributed by atoms with Crippen LogP contribution in [0.5, 0.6) is 0 Å². The summed E-state index contributed by atoms with van der Waals surface area (Å²) in [7, 11) is 0. The average molecular weight is 360 g/mol. The monoisotopic (exact) mass is 360 g/mol. The molecular weight excluding hydrogens is 340 g/mol. The second kappa shape index (κ2) is 5.68. The van der Waals surface area contributed by atoms with E-state index in [0.29, 0.717) is 12.1 Å². The van der Waals surface area contributed by atoms with Crippen LogP contribution in [0, 0.1) is 12.0 Å². The van der Waals surface area contributed by atoms with Gasteiger partial charge >= 0.3 is 5.97 Å². The number of fused-ring (bicyclic) bond motifs is 4. The Morgan fingerprint density at radius 2 is 2.04 bits per heavy atom. The molecule has 136 valence electrons. The van der Waals surface area contributed by atoms with Crippen molar-refractivity contribution in [3.63, 3.8) is 0 Å². The molecule has 1 N–H and O–H groups in total. The Morgan fingerprint density at radius 1 is 1.30 bits per heavy atom. The van der Waals surface area contributed by atoms with E-state index in [0.717, 1.165) is 28.8 Å². The SMILES string of the molecule is [C-]#[N+]c1cccc2c1CC1=C2C[C@@H](C(C)(C)C)n2cc(C(=O)O)c(=O)cc21. The zero-order chi connectivity index (χ0) is 19.5. The summed E-state index contributed by atoms with van der Waals surface area (Å²) in [6.07, 6.45) is 2.85. The maximum absolute atomic E-state index is 12.4. The smallest absolute Gasteiger partial charge is 0.341 e. The van der Waals surface area contributed by atoms with E-state index in [4.69, 9.17) is 6.57 Å². The Balaban J connectivity index is 2.00. The summed E-state index contributed by atoms with van der Waals surface area (Å²) >= 11 is 0. The fourth-order valence-corrected chi connectivity index (χ4v) is 4.30. The van der Waals surface area contributed by atoms with Crippen molar-refractivity contribution < 1.29 is 9.90 Å². The van der Waals surface area contributed by atoms with Crippen molar-refractivity contribution in [3.05, 3.63) is 74.5 Å². The Kier molecular flexibility index (Phi) is 3.64. The molecule has 0 saturated heterocycles. The number of hydrogen-bond acceptors (Lipinski definition) is 2. The predicted molar refractivity (Wildman–Crippen MR) is 104 cm³/mol. The van der Waals surface area contributed by atoms with Gasteiger partial charge in [0.15, 0.2) is 11.1 Å². The number of hydrogen-bond donors (Lipinski definition) is 1. The highest BCUT2D eigenvalue weighted by Crippen LogP contribution is 2.51. The van der Waals surface area contributed by atoms with E-state index in [1.165, 1.54) is 17.8 Å². The number of benzene rings is 1. The van der Waals surface area contributed by atoms with Crippen LogP contribution in [0.15, 0.2) is 35.3 Å². The first-order chi connectivity index (χ1) is 12.7. The van der Waals surface area contributed by atoms with Crippen molar-refractivity contribution in [2.45, 2.75) is 39.7 Å². The molecular formula is C22H20N2O3. The molecule has 1 aliphatic carbocycles. The Labute approximate surface area is 157 Å². The third-order valence-corrected chi connectivity index (χ3v) is 5.67. The number of allylic oxidation sites excluding steroid dienone is 2. The maximum Gasteiger partial charge on any atom is 0.341 e. The van der Waals surface area contributed by atoms with E-state index in [1.807, 2.05) is 22.8 Å². The second-order valence-corrected chi connectivity index (χ2v) is 8.28. The molecule has 0 radical (unpaired) electrons. The van der Waals surface area contributed by atoms with Gasteiger partial charge in [-0.15, -0.1) is 0 Å². The molecule has 1 atom stereocenters. The minimum absolute atomic E-state index is 0.0208. The van der Waals surface area contributed by atoms with Crippen LogP contribution < -0.4 is 5.43 Å². The van der Waals surface area contributed by atoms with Gasteiger partial charge in [-0.1, -0.05) is 39.0 Å². The van der Waals surface area contributed by atoms with Gasteiger partial charge in [-0.05, 0) is 40.5 Å². The molecule has 0 amide bonds. The molecule has 1 aliphatic heterocycles. The first-order valence-electron chi connectivity index (χ1n) is 8.94. The van der Waals surface area contributed by atoms with Crippen molar-refractivity contribution in [2.24, 2.45) is 5.41 Å². The highest BCUT2D eigenvalue weighted by atomic mass is 16.4. The number of rotatable bonds is 1. The molecule has 2 aromatic rings. The lowest BCUT2D eigenvalue weighted by Crippen LogP contribution is -2.32. The fraction of sp³-hybridized carbons (Fsp3) is 0.318. The number of carboxylic acid groups (broad SMARTS) is 1. The Hall–Kier alpha value is -3.13. The quantitative estimate of drug-likeness (QED) is 0.759.